The summed E-state index contributed by atoms with van der Waals surface area (Å²) in [6, 6.07) is 21.4. The van der Waals surface area contributed by atoms with Gasteiger partial charge in [0.1, 0.15) is 0 Å². The van der Waals surface area contributed by atoms with E-state index >= 15 is 0 Å². The van der Waals surface area contributed by atoms with Gasteiger partial charge in [0, 0.05) is 36.2 Å². The maximum atomic E-state index is 13.0. The molecule has 1 saturated heterocycles. The lowest BCUT2D eigenvalue weighted by molar-refractivity contribution is -0.384. The average Bonchev–Trinajstić information content (AvgIpc) is 3.39. The number of hydrogen-bond acceptors (Lipinski definition) is 9. The number of aromatic nitrogens is 1. The Hall–Kier alpha value is -4.48. The Morgan fingerprint density at radius 2 is 1.68 bits per heavy atom. The average molecular weight is 575 g/mol. The summed E-state index contributed by atoms with van der Waals surface area (Å²) in [5, 5.41) is 26.6. The van der Waals surface area contributed by atoms with E-state index in [2.05, 4.69) is 11.2 Å². The van der Waals surface area contributed by atoms with Crippen molar-refractivity contribution in [3.8, 4) is 17.3 Å². The molecule has 0 amide bonds. The quantitative estimate of drug-likeness (QED) is 0.184. The zero-order valence-electron chi connectivity index (χ0n) is 21.0. The Kier molecular flexibility index (Phi) is 7.94. The lowest BCUT2D eigenvalue weighted by atomic mass is 10.1. The zero-order chi connectivity index (χ0) is 28.1. The predicted molar refractivity (Wildman–Crippen MR) is 150 cm³/mol. The molecule has 0 aliphatic carbocycles. The van der Waals surface area contributed by atoms with E-state index in [0.717, 1.165) is 5.56 Å². The molecule has 0 spiro atoms. The normalized spacial score (nSPS) is 14.8. The number of nitro groups is 1. The Labute approximate surface area is 233 Å². The molecular weight excluding hydrogens is 552 g/mol. The molecule has 4 aromatic rings. The van der Waals surface area contributed by atoms with Crippen molar-refractivity contribution in [2.45, 2.75) is 4.90 Å². The van der Waals surface area contributed by atoms with Crippen molar-refractivity contribution >= 4 is 38.9 Å². The minimum Gasteiger partial charge on any atom is -0.379 e. The van der Waals surface area contributed by atoms with Gasteiger partial charge in [0.2, 0.25) is 14.8 Å². The van der Waals surface area contributed by atoms with Gasteiger partial charge in [-0.3, -0.25) is 10.1 Å². The van der Waals surface area contributed by atoms with E-state index in [1.807, 2.05) is 5.38 Å². The molecular formula is C27H22N6O5S2. The summed E-state index contributed by atoms with van der Waals surface area (Å²) < 4.78 is 34.2. The fourth-order valence-corrected chi connectivity index (χ4v) is 6.21. The molecule has 2 heterocycles. The highest BCUT2D eigenvalue weighted by atomic mass is 32.2. The van der Waals surface area contributed by atoms with Crippen molar-refractivity contribution in [1.82, 2.24) is 8.98 Å². The second-order valence-electron chi connectivity index (χ2n) is 8.62. The highest BCUT2D eigenvalue weighted by Crippen LogP contribution is 2.25. The van der Waals surface area contributed by atoms with Gasteiger partial charge in [-0.2, -0.15) is 14.7 Å². The maximum Gasteiger partial charge on any atom is 0.269 e. The zero-order valence-corrected chi connectivity index (χ0v) is 22.6. The van der Waals surface area contributed by atoms with Gasteiger partial charge in [0.15, 0.2) is 0 Å². The topological polar surface area (TPSA) is 143 Å². The van der Waals surface area contributed by atoms with Crippen LogP contribution in [0.5, 0.6) is 0 Å². The molecule has 0 unspecified atom stereocenters. The van der Waals surface area contributed by atoms with E-state index in [1.165, 1.54) is 39.9 Å². The first kappa shape index (κ1) is 27.1. The molecule has 202 valence electrons. The molecule has 5 rings (SSSR count). The summed E-state index contributed by atoms with van der Waals surface area (Å²) in [4.78, 5) is 16.0. The second-order valence-corrected chi connectivity index (χ2v) is 11.4. The van der Waals surface area contributed by atoms with Crippen LogP contribution in [0.4, 0.5) is 11.4 Å². The molecule has 0 atom stereocenters. The predicted octanol–water partition coefficient (Wildman–Crippen LogP) is 4.13. The fourth-order valence-electron chi connectivity index (χ4n) is 3.95. The largest absolute Gasteiger partial charge is 0.379 e. The van der Waals surface area contributed by atoms with E-state index in [4.69, 9.17) is 15.0 Å². The number of sulfonamides is 1. The van der Waals surface area contributed by atoms with Crippen molar-refractivity contribution in [2.75, 3.05) is 26.3 Å². The van der Waals surface area contributed by atoms with E-state index in [-0.39, 0.29) is 10.6 Å². The van der Waals surface area contributed by atoms with Crippen LogP contribution in [0, 0.1) is 21.4 Å². The molecule has 3 aromatic carbocycles. The smallest absolute Gasteiger partial charge is 0.269 e. The van der Waals surface area contributed by atoms with Crippen LogP contribution < -0.4 is 4.80 Å². The van der Waals surface area contributed by atoms with Crippen molar-refractivity contribution in [2.24, 2.45) is 10.1 Å². The van der Waals surface area contributed by atoms with Crippen LogP contribution in [0.2, 0.25) is 0 Å². The van der Waals surface area contributed by atoms with Crippen molar-refractivity contribution in [1.29, 1.82) is 5.26 Å². The molecule has 0 N–H and O–H groups in total. The summed E-state index contributed by atoms with van der Waals surface area (Å²) in [5.74, 6) is 0. The Bertz CT molecular complexity index is 1760. The van der Waals surface area contributed by atoms with Crippen LogP contribution in [0.3, 0.4) is 0 Å². The summed E-state index contributed by atoms with van der Waals surface area (Å²) in [5.41, 5.74) is 3.16. The molecule has 11 nitrogen and oxygen atoms in total. The number of non-ortho nitro benzene ring substituents is 1. The molecule has 1 aliphatic heterocycles. The number of nitro benzene ring substituents is 1. The van der Waals surface area contributed by atoms with Gasteiger partial charge < -0.3 is 4.74 Å². The molecule has 0 saturated carbocycles. The lowest BCUT2D eigenvalue weighted by Crippen LogP contribution is -2.40. The first-order chi connectivity index (χ1) is 19.3. The van der Waals surface area contributed by atoms with Gasteiger partial charge in [-0.15, -0.1) is 11.3 Å². The van der Waals surface area contributed by atoms with Gasteiger partial charge >= 0.3 is 0 Å². The first-order valence-corrected chi connectivity index (χ1v) is 14.4. The number of hydrogen-bond donors (Lipinski definition) is 0. The van der Waals surface area contributed by atoms with Gasteiger partial charge in [-0.1, -0.05) is 12.1 Å². The van der Waals surface area contributed by atoms with Crippen LogP contribution in [-0.4, -0.2) is 54.8 Å². The van der Waals surface area contributed by atoms with Crippen molar-refractivity contribution < 1.29 is 18.1 Å². The van der Waals surface area contributed by atoms with Gasteiger partial charge in [-0.25, -0.2) is 18.1 Å². The minimum absolute atomic E-state index is 0.0244. The molecule has 13 heteroatoms. The molecule has 1 fully saturated rings. The van der Waals surface area contributed by atoms with Crippen LogP contribution in [0.25, 0.3) is 11.3 Å². The Morgan fingerprint density at radius 3 is 2.30 bits per heavy atom. The number of nitriles is 1. The summed E-state index contributed by atoms with van der Waals surface area (Å²) >= 11 is 1.32. The minimum atomic E-state index is -3.63. The number of nitrogens with zero attached hydrogens (tertiary/aromatic N) is 6. The van der Waals surface area contributed by atoms with Crippen molar-refractivity contribution in [3.63, 3.8) is 0 Å². The third-order valence-electron chi connectivity index (χ3n) is 6.09. The highest BCUT2D eigenvalue weighted by molar-refractivity contribution is 7.89. The molecule has 0 bridgehead atoms. The van der Waals surface area contributed by atoms with Gasteiger partial charge in [0.25, 0.3) is 5.69 Å². The SMILES string of the molecule is N#Cc1ccc(C=Nn2c(-c3ccc([N+](=O)[O-])cc3)csc2=Nc2ccc(S(=O)(=O)N3CCOCC3)cc2)cc1. The van der Waals surface area contributed by atoms with Crippen LogP contribution >= 0.6 is 11.3 Å². The van der Waals surface area contributed by atoms with Gasteiger partial charge in [0.05, 0.1) is 52.3 Å². The molecule has 1 aliphatic rings. The first-order valence-electron chi connectivity index (χ1n) is 12.1. The summed E-state index contributed by atoms with van der Waals surface area (Å²) in [7, 11) is -3.63. The lowest BCUT2D eigenvalue weighted by Gasteiger charge is -2.26. The second kappa shape index (κ2) is 11.7. The summed E-state index contributed by atoms with van der Waals surface area (Å²) in [6.45, 7) is 1.36. The number of ether oxygens (including phenoxy) is 1. The third-order valence-corrected chi connectivity index (χ3v) is 8.82. The third kappa shape index (κ3) is 5.90. The van der Waals surface area contributed by atoms with Crippen LogP contribution in [0.1, 0.15) is 11.1 Å². The number of thiazole rings is 1. The molecule has 1 aromatic heterocycles. The Morgan fingerprint density at radius 1 is 1.00 bits per heavy atom. The maximum absolute atomic E-state index is 13.0. The highest BCUT2D eigenvalue weighted by Gasteiger charge is 2.26. The van der Waals surface area contributed by atoms with Crippen molar-refractivity contribution in [3.05, 3.63) is 104 Å². The monoisotopic (exact) mass is 574 g/mol. The standard InChI is InChI=1S/C27H22N6O5S2/c28-17-20-1-3-21(4-2-20)18-29-32-26(22-5-9-24(10-6-22)33(34)35)19-39-27(32)30-23-7-11-25(12-8-23)40(36,37)31-13-15-38-16-14-31/h1-12,18-19H,13-16H2. The summed E-state index contributed by atoms with van der Waals surface area (Å²) in [6.07, 6.45) is 1.62. The number of rotatable bonds is 7. The Balaban J connectivity index is 1.52. The van der Waals surface area contributed by atoms with Crippen LogP contribution in [0.15, 0.2) is 93.2 Å². The number of morpholine rings is 1. The van der Waals surface area contributed by atoms with E-state index < -0.39 is 14.9 Å². The molecule has 40 heavy (non-hydrogen) atoms. The molecule has 0 radical (unpaired) electrons. The van der Waals surface area contributed by atoms with E-state index in [1.54, 1.807) is 59.4 Å². The fraction of sp³-hybridized carbons (Fsp3) is 0.148. The van der Waals surface area contributed by atoms with E-state index in [9.17, 15) is 18.5 Å². The number of benzene rings is 3. The van der Waals surface area contributed by atoms with Gasteiger partial charge in [-0.05, 0) is 54.1 Å². The van der Waals surface area contributed by atoms with E-state index in [0.29, 0.717) is 53.6 Å². The van der Waals surface area contributed by atoms with Crippen LogP contribution in [-0.2, 0) is 14.8 Å².